The molecule has 172 valence electrons. The van der Waals surface area contributed by atoms with Gasteiger partial charge >= 0.3 is 0 Å². The maximum Gasteiger partial charge on any atom is 0.262 e. The number of piperazine rings is 1. The van der Waals surface area contributed by atoms with Gasteiger partial charge in [-0.25, -0.2) is 8.42 Å². The maximum absolute atomic E-state index is 13.0. The van der Waals surface area contributed by atoms with Crippen LogP contribution in [0.5, 0.6) is 5.75 Å². The molecule has 1 aliphatic heterocycles. The predicted octanol–water partition coefficient (Wildman–Crippen LogP) is 3.77. The molecule has 1 N–H and O–H groups in total. The van der Waals surface area contributed by atoms with Gasteiger partial charge in [-0.05, 0) is 61.0 Å². The monoisotopic (exact) mass is 465 g/mol. The van der Waals surface area contributed by atoms with E-state index in [1.807, 2.05) is 11.0 Å². The highest BCUT2D eigenvalue weighted by atomic mass is 32.2. The molecule has 1 heterocycles. The second-order valence-corrected chi connectivity index (χ2v) is 9.63. The summed E-state index contributed by atoms with van der Waals surface area (Å²) in [5.41, 5.74) is 3.20. The largest absolute Gasteiger partial charge is 0.495 e. The van der Waals surface area contributed by atoms with E-state index in [1.54, 1.807) is 36.4 Å². The van der Waals surface area contributed by atoms with Gasteiger partial charge in [-0.3, -0.25) is 9.52 Å². The first-order chi connectivity index (χ1) is 15.9. The Labute approximate surface area is 194 Å². The topological polar surface area (TPSA) is 78.9 Å². The highest BCUT2D eigenvalue weighted by molar-refractivity contribution is 7.92. The fourth-order valence-corrected chi connectivity index (χ4v) is 4.95. The van der Waals surface area contributed by atoms with E-state index in [2.05, 4.69) is 34.7 Å². The lowest BCUT2D eigenvalue weighted by Crippen LogP contribution is -2.48. The number of amides is 1. The molecule has 3 aromatic carbocycles. The molecule has 0 saturated carbocycles. The van der Waals surface area contributed by atoms with Crippen molar-refractivity contribution in [3.8, 4) is 5.75 Å². The molecule has 4 rings (SSSR count). The van der Waals surface area contributed by atoms with Crippen molar-refractivity contribution < 1.29 is 17.9 Å². The molecule has 1 saturated heterocycles. The van der Waals surface area contributed by atoms with Crippen LogP contribution in [0.2, 0.25) is 0 Å². The van der Waals surface area contributed by atoms with Gasteiger partial charge in [0.15, 0.2) is 0 Å². The molecule has 0 spiro atoms. The smallest absolute Gasteiger partial charge is 0.262 e. The standard InChI is InChI=1S/C25H27N3O4S/c1-19-6-5-7-21(18-19)27-14-16-28(17-15-27)25(29)20-10-12-22(13-11-20)33(30,31)26-23-8-3-4-9-24(23)32-2/h3-13,18,26H,14-17H2,1-2H3. The number of anilines is 2. The number of hydrogen-bond acceptors (Lipinski definition) is 5. The average molecular weight is 466 g/mol. The van der Waals surface area contributed by atoms with Gasteiger partial charge in [-0.1, -0.05) is 24.3 Å². The Hall–Kier alpha value is -3.52. The van der Waals surface area contributed by atoms with E-state index in [1.165, 1.54) is 30.5 Å². The molecule has 0 radical (unpaired) electrons. The molecule has 8 heteroatoms. The summed E-state index contributed by atoms with van der Waals surface area (Å²) in [6.07, 6.45) is 0. The zero-order valence-electron chi connectivity index (χ0n) is 18.7. The van der Waals surface area contributed by atoms with Gasteiger partial charge < -0.3 is 14.5 Å². The normalized spacial score (nSPS) is 14.1. The lowest BCUT2D eigenvalue weighted by molar-refractivity contribution is 0.0746. The van der Waals surface area contributed by atoms with Crippen LogP contribution in [0.4, 0.5) is 11.4 Å². The number of rotatable bonds is 6. The fourth-order valence-electron chi connectivity index (χ4n) is 3.88. The SMILES string of the molecule is COc1ccccc1NS(=O)(=O)c1ccc(C(=O)N2CCN(c3cccc(C)c3)CC2)cc1. The summed E-state index contributed by atoms with van der Waals surface area (Å²) in [5.74, 6) is 0.332. The Morgan fingerprint density at radius 2 is 1.61 bits per heavy atom. The Bertz CT molecular complexity index is 1230. The predicted molar refractivity (Wildman–Crippen MR) is 130 cm³/mol. The van der Waals surface area contributed by atoms with E-state index in [4.69, 9.17) is 4.74 Å². The molecule has 3 aromatic rings. The van der Waals surface area contributed by atoms with Crippen molar-refractivity contribution in [2.45, 2.75) is 11.8 Å². The summed E-state index contributed by atoms with van der Waals surface area (Å²) in [4.78, 5) is 17.1. The molecule has 0 aromatic heterocycles. The van der Waals surface area contributed by atoms with Gasteiger partial charge in [-0.2, -0.15) is 0 Å². The van der Waals surface area contributed by atoms with E-state index in [0.717, 1.165) is 13.1 Å². The number of benzene rings is 3. The molecule has 1 amide bonds. The zero-order chi connectivity index (χ0) is 23.4. The molecule has 7 nitrogen and oxygen atoms in total. The molecule has 1 fully saturated rings. The summed E-state index contributed by atoms with van der Waals surface area (Å²) < 4.78 is 33.3. The van der Waals surface area contributed by atoms with Gasteiger partial charge in [0.05, 0.1) is 17.7 Å². The Morgan fingerprint density at radius 3 is 2.27 bits per heavy atom. The van der Waals surface area contributed by atoms with Crippen molar-refractivity contribution in [1.29, 1.82) is 0 Å². The van der Waals surface area contributed by atoms with Gasteiger partial charge in [0.1, 0.15) is 5.75 Å². The van der Waals surface area contributed by atoms with Crippen molar-refractivity contribution in [3.05, 3.63) is 83.9 Å². The van der Waals surface area contributed by atoms with Crippen LogP contribution < -0.4 is 14.4 Å². The minimum Gasteiger partial charge on any atom is -0.495 e. The van der Waals surface area contributed by atoms with E-state index in [-0.39, 0.29) is 10.8 Å². The van der Waals surface area contributed by atoms with E-state index in [9.17, 15) is 13.2 Å². The molecule has 0 unspecified atom stereocenters. The summed E-state index contributed by atoms with van der Waals surface area (Å²) in [7, 11) is -2.34. The third-order valence-corrected chi connectivity index (χ3v) is 7.08. The summed E-state index contributed by atoms with van der Waals surface area (Å²) in [6.45, 7) is 4.80. The number of hydrogen-bond donors (Lipinski definition) is 1. The number of carbonyl (C=O) groups is 1. The Kier molecular flexibility index (Phi) is 6.55. The van der Waals surface area contributed by atoms with Crippen LogP contribution in [-0.4, -0.2) is 52.5 Å². The quantitative estimate of drug-likeness (QED) is 0.600. The second kappa shape index (κ2) is 9.54. The molecule has 1 aliphatic rings. The van der Waals surface area contributed by atoms with Crippen molar-refractivity contribution >= 4 is 27.3 Å². The number of methoxy groups -OCH3 is 1. The highest BCUT2D eigenvalue weighted by Crippen LogP contribution is 2.26. The number of para-hydroxylation sites is 2. The lowest BCUT2D eigenvalue weighted by atomic mass is 10.1. The minimum absolute atomic E-state index is 0.0780. The molecule has 33 heavy (non-hydrogen) atoms. The van der Waals surface area contributed by atoms with Crippen LogP contribution >= 0.6 is 0 Å². The molecular weight excluding hydrogens is 438 g/mol. The van der Waals surface area contributed by atoms with Crippen LogP contribution in [0, 0.1) is 6.92 Å². The third kappa shape index (κ3) is 5.12. The minimum atomic E-state index is -3.82. The summed E-state index contributed by atoms with van der Waals surface area (Å²) in [5, 5.41) is 0. The molecule has 0 bridgehead atoms. The third-order valence-electron chi connectivity index (χ3n) is 5.70. The number of nitrogens with one attached hydrogen (secondary N) is 1. The van der Waals surface area contributed by atoms with Crippen molar-refractivity contribution in [2.24, 2.45) is 0 Å². The van der Waals surface area contributed by atoms with Gasteiger partial charge in [-0.15, -0.1) is 0 Å². The average Bonchev–Trinajstić information content (AvgIpc) is 2.84. The molecule has 0 atom stereocenters. The lowest BCUT2D eigenvalue weighted by Gasteiger charge is -2.36. The van der Waals surface area contributed by atoms with Crippen LogP contribution in [0.1, 0.15) is 15.9 Å². The highest BCUT2D eigenvalue weighted by Gasteiger charge is 2.23. The van der Waals surface area contributed by atoms with Crippen LogP contribution in [0.25, 0.3) is 0 Å². The first-order valence-corrected chi connectivity index (χ1v) is 12.2. The summed E-state index contributed by atoms with van der Waals surface area (Å²) >= 11 is 0. The van der Waals surface area contributed by atoms with E-state index >= 15 is 0 Å². The van der Waals surface area contributed by atoms with Gasteiger partial charge in [0.2, 0.25) is 0 Å². The Balaban J connectivity index is 1.41. The van der Waals surface area contributed by atoms with Crippen LogP contribution in [-0.2, 0) is 10.0 Å². The van der Waals surface area contributed by atoms with Crippen molar-refractivity contribution in [3.63, 3.8) is 0 Å². The first kappa shape index (κ1) is 22.7. The fraction of sp³-hybridized carbons (Fsp3) is 0.240. The van der Waals surface area contributed by atoms with Crippen LogP contribution in [0.3, 0.4) is 0 Å². The second-order valence-electron chi connectivity index (χ2n) is 7.95. The molecular formula is C25H27N3O4S. The maximum atomic E-state index is 13.0. The number of carbonyl (C=O) groups excluding carboxylic acids is 1. The number of ether oxygens (including phenoxy) is 1. The zero-order valence-corrected chi connectivity index (χ0v) is 19.5. The molecule has 0 aliphatic carbocycles. The number of nitrogens with zero attached hydrogens (tertiary/aromatic N) is 2. The van der Waals surface area contributed by atoms with E-state index < -0.39 is 10.0 Å². The van der Waals surface area contributed by atoms with Gasteiger partial charge in [0, 0.05) is 37.4 Å². The van der Waals surface area contributed by atoms with Crippen molar-refractivity contribution in [1.82, 2.24) is 4.90 Å². The summed E-state index contributed by atoms with van der Waals surface area (Å²) in [6, 6.07) is 21.2. The van der Waals surface area contributed by atoms with Crippen LogP contribution in [0.15, 0.2) is 77.7 Å². The van der Waals surface area contributed by atoms with E-state index in [0.29, 0.717) is 30.1 Å². The van der Waals surface area contributed by atoms with Gasteiger partial charge in [0.25, 0.3) is 15.9 Å². The van der Waals surface area contributed by atoms with Crippen molar-refractivity contribution in [2.75, 3.05) is 42.9 Å². The number of aryl methyl sites for hydroxylation is 1. The Morgan fingerprint density at radius 1 is 0.909 bits per heavy atom. The first-order valence-electron chi connectivity index (χ1n) is 10.7. The number of sulfonamides is 1.